The maximum atomic E-state index is 13.2. The van der Waals surface area contributed by atoms with Crippen molar-refractivity contribution in [2.75, 3.05) is 26.8 Å². The Hall–Kier alpha value is -2.15. The minimum Gasteiger partial charge on any atom is -0.467 e. The zero-order chi connectivity index (χ0) is 18.6. The third kappa shape index (κ3) is 5.42. The summed E-state index contributed by atoms with van der Waals surface area (Å²) in [5.74, 6) is -1.01. The molecule has 0 N–H and O–H groups in total. The van der Waals surface area contributed by atoms with Gasteiger partial charge in [0, 0.05) is 12.5 Å². The minimum absolute atomic E-state index is 0.183. The normalized spacial score (nSPS) is 20.4. The monoisotopic (exact) mass is 353 g/mol. The van der Waals surface area contributed by atoms with Crippen molar-refractivity contribution < 1.29 is 28.2 Å². The molecule has 2 rings (SSSR count). The van der Waals surface area contributed by atoms with Crippen molar-refractivity contribution in [1.29, 1.82) is 0 Å². The molecule has 0 spiro atoms. The summed E-state index contributed by atoms with van der Waals surface area (Å²) in [6.45, 7) is 5.83. The molecule has 1 heterocycles. The molecule has 0 radical (unpaired) electrons. The molecule has 0 aromatic heterocycles. The van der Waals surface area contributed by atoms with E-state index < -0.39 is 23.8 Å². The number of nitrogens with zero attached hydrogens (tertiary/aromatic N) is 1. The van der Waals surface area contributed by atoms with Gasteiger partial charge in [0.1, 0.15) is 18.0 Å². The third-order valence-electron chi connectivity index (χ3n) is 3.86. The van der Waals surface area contributed by atoms with E-state index in [-0.39, 0.29) is 24.9 Å². The van der Waals surface area contributed by atoms with Crippen molar-refractivity contribution in [2.24, 2.45) is 0 Å². The lowest BCUT2D eigenvalue weighted by Crippen LogP contribution is -2.36. The van der Waals surface area contributed by atoms with E-state index in [1.807, 2.05) is 0 Å². The average molecular weight is 353 g/mol. The number of benzene rings is 1. The van der Waals surface area contributed by atoms with Crippen LogP contribution in [0.4, 0.5) is 9.18 Å². The number of carbonyl (C=O) groups excluding carboxylic acids is 2. The van der Waals surface area contributed by atoms with Crippen LogP contribution in [-0.4, -0.2) is 55.5 Å². The highest BCUT2D eigenvalue weighted by atomic mass is 19.1. The Morgan fingerprint density at radius 3 is 2.40 bits per heavy atom. The first-order valence-corrected chi connectivity index (χ1v) is 8.11. The van der Waals surface area contributed by atoms with Crippen LogP contribution in [0.15, 0.2) is 24.3 Å². The predicted octanol–water partition coefficient (Wildman–Crippen LogP) is 2.72. The summed E-state index contributed by atoms with van der Waals surface area (Å²) in [6, 6.07) is 6.05. The fourth-order valence-corrected chi connectivity index (χ4v) is 2.68. The lowest BCUT2D eigenvalue weighted by molar-refractivity contribution is -0.147. The Morgan fingerprint density at radius 1 is 1.20 bits per heavy atom. The first-order chi connectivity index (χ1) is 11.7. The number of methoxy groups -OCH3 is 1. The molecule has 2 atom stereocenters. The maximum Gasteiger partial charge on any atom is 0.410 e. The summed E-state index contributed by atoms with van der Waals surface area (Å²) in [4.78, 5) is 25.2. The fraction of sp³-hybridized carbons (Fsp3) is 0.556. The quantitative estimate of drug-likeness (QED) is 0.779. The summed E-state index contributed by atoms with van der Waals surface area (Å²) in [6.07, 6.45) is -0.846. The Balaban J connectivity index is 2.13. The van der Waals surface area contributed by atoms with Crippen LogP contribution in [0.3, 0.4) is 0 Å². The summed E-state index contributed by atoms with van der Waals surface area (Å²) < 4.78 is 28.8. The van der Waals surface area contributed by atoms with Crippen LogP contribution in [0.5, 0.6) is 0 Å². The van der Waals surface area contributed by atoms with E-state index in [4.69, 9.17) is 9.47 Å². The highest BCUT2D eigenvalue weighted by Gasteiger charge is 2.39. The molecule has 1 fully saturated rings. The van der Waals surface area contributed by atoms with Gasteiger partial charge in [-0.2, -0.15) is 0 Å². The Labute approximate surface area is 146 Å². The van der Waals surface area contributed by atoms with Gasteiger partial charge in [-0.25, -0.2) is 14.0 Å². The van der Waals surface area contributed by atoms with Gasteiger partial charge >= 0.3 is 12.1 Å². The van der Waals surface area contributed by atoms with Crippen LogP contribution in [0.25, 0.3) is 0 Å². The minimum atomic E-state index is -0.604. The Bertz CT molecular complexity index is 611. The van der Waals surface area contributed by atoms with Gasteiger partial charge in [-0.05, 0) is 38.5 Å². The molecule has 1 aliphatic heterocycles. The van der Waals surface area contributed by atoms with Crippen LogP contribution in [0.2, 0.25) is 0 Å². The maximum absolute atomic E-state index is 13.2. The van der Waals surface area contributed by atoms with Gasteiger partial charge in [0.15, 0.2) is 0 Å². The zero-order valence-electron chi connectivity index (χ0n) is 15.0. The predicted molar refractivity (Wildman–Crippen MR) is 88.7 cm³/mol. The second-order valence-electron chi connectivity index (χ2n) is 6.97. The highest BCUT2D eigenvalue weighted by molar-refractivity contribution is 5.70. The Morgan fingerprint density at radius 2 is 1.84 bits per heavy atom. The Kier molecular flexibility index (Phi) is 6.00. The van der Waals surface area contributed by atoms with Gasteiger partial charge < -0.3 is 19.1 Å². The van der Waals surface area contributed by atoms with Crippen molar-refractivity contribution in [1.82, 2.24) is 4.90 Å². The topological polar surface area (TPSA) is 65.1 Å². The lowest BCUT2D eigenvalue weighted by atomic mass is 9.96. The smallest absolute Gasteiger partial charge is 0.410 e. The van der Waals surface area contributed by atoms with Crippen molar-refractivity contribution in [3.8, 4) is 0 Å². The number of rotatable bonds is 4. The van der Waals surface area contributed by atoms with Crippen LogP contribution >= 0.6 is 0 Å². The number of hydrogen-bond donors (Lipinski definition) is 0. The summed E-state index contributed by atoms with van der Waals surface area (Å²) in [7, 11) is 1.28. The van der Waals surface area contributed by atoms with Crippen molar-refractivity contribution in [3.63, 3.8) is 0 Å². The van der Waals surface area contributed by atoms with Gasteiger partial charge in [0.25, 0.3) is 0 Å². The molecule has 1 aromatic rings. The van der Waals surface area contributed by atoms with Gasteiger partial charge in [0.05, 0.1) is 19.8 Å². The van der Waals surface area contributed by atoms with Gasteiger partial charge in [-0.1, -0.05) is 12.1 Å². The van der Waals surface area contributed by atoms with Crippen molar-refractivity contribution in [2.45, 2.75) is 38.4 Å². The zero-order valence-corrected chi connectivity index (χ0v) is 15.0. The second-order valence-corrected chi connectivity index (χ2v) is 6.97. The second kappa shape index (κ2) is 7.82. The number of likely N-dealkylation sites (tertiary alicyclic amines) is 1. The number of halogens is 1. The SMILES string of the molecule is COC(=O)CO[C@H]1CN(C(=O)OC(C)(C)C)C[C@@H]1c1ccc(F)cc1. The first kappa shape index (κ1) is 19.2. The molecule has 1 saturated heterocycles. The van der Waals surface area contributed by atoms with Crippen LogP contribution in [0.1, 0.15) is 32.3 Å². The molecule has 7 heteroatoms. The van der Waals surface area contributed by atoms with Gasteiger partial charge in [-0.3, -0.25) is 0 Å². The average Bonchev–Trinajstić information content (AvgIpc) is 2.96. The summed E-state index contributed by atoms with van der Waals surface area (Å²) >= 11 is 0. The molecular formula is C18H24FNO5. The third-order valence-corrected chi connectivity index (χ3v) is 3.86. The summed E-state index contributed by atoms with van der Waals surface area (Å²) in [5, 5.41) is 0. The molecule has 0 bridgehead atoms. The van der Waals surface area contributed by atoms with E-state index in [0.29, 0.717) is 6.54 Å². The molecule has 1 aliphatic rings. The number of carbonyl (C=O) groups is 2. The molecule has 138 valence electrons. The molecular weight excluding hydrogens is 329 g/mol. The number of hydrogen-bond acceptors (Lipinski definition) is 5. The van der Waals surface area contributed by atoms with E-state index in [1.165, 1.54) is 19.2 Å². The lowest BCUT2D eigenvalue weighted by Gasteiger charge is -2.24. The van der Waals surface area contributed by atoms with E-state index in [9.17, 15) is 14.0 Å². The highest BCUT2D eigenvalue weighted by Crippen LogP contribution is 2.31. The number of ether oxygens (including phenoxy) is 3. The largest absolute Gasteiger partial charge is 0.467 e. The first-order valence-electron chi connectivity index (χ1n) is 8.11. The fourth-order valence-electron chi connectivity index (χ4n) is 2.68. The van der Waals surface area contributed by atoms with Crippen LogP contribution in [0, 0.1) is 5.82 Å². The van der Waals surface area contributed by atoms with Gasteiger partial charge in [-0.15, -0.1) is 0 Å². The molecule has 25 heavy (non-hydrogen) atoms. The molecule has 0 saturated carbocycles. The molecule has 0 unspecified atom stereocenters. The summed E-state index contributed by atoms with van der Waals surface area (Å²) in [5.41, 5.74) is 0.232. The molecule has 1 aromatic carbocycles. The number of amides is 1. The van der Waals surface area contributed by atoms with Crippen LogP contribution in [-0.2, 0) is 19.0 Å². The van der Waals surface area contributed by atoms with E-state index in [0.717, 1.165) is 5.56 Å². The van der Waals surface area contributed by atoms with Gasteiger partial charge in [0.2, 0.25) is 0 Å². The van der Waals surface area contributed by atoms with E-state index in [1.54, 1.807) is 37.8 Å². The standard InChI is InChI=1S/C18H24FNO5/c1-18(2,3)25-17(22)20-9-14(12-5-7-13(19)8-6-12)15(10-20)24-11-16(21)23-4/h5-8,14-15H,9-11H2,1-4H3/t14-,15+/m1/s1. The van der Waals surface area contributed by atoms with Crippen LogP contribution < -0.4 is 0 Å². The molecule has 6 nitrogen and oxygen atoms in total. The van der Waals surface area contributed by atoms with E-state index in [2.05, 4.69) is 4.74 Å². The number of esters is 1. The van der Waals surface area contributed by atoms with Crippen molar-refractivity contribution in [3.05, 3.63) is 35.6 Å². The van der Waals surface area contributed by atoms with E-state index >= 15 is 0 Å². The molecule has 1 amide bonds. The van der Waals surface area contributed by atoms with Crippen molar-refractivity contribution >= 4 is 12.1 Å². The molecule has 0 aliphatic carbocycles.